The Bertz CT molecular complexity index is 436. The number of hydrogen-bond donors (Lipinski definition) is 1. The Morgan fingerprint density at radius 1 is 1.27 bits per heavy atom. The lowest BCUT2D eigenvalue weighted by molar-refractivity contribution is 0.182. The zero-order valence-electron chi connectivity index (χ0n) is 8.46. The molecule has 78 valence electrons. The molecule has 0 unspecified atom stereocenters. The fourth-order valence-corrected chi connectivity index (χ4v) is 1.53. The molecule has 1 N–H and O–H groups in total. The molecule has 0 amide bonds. The summed E-state index contributed by atoms with van der Waals surface area (Å²) in [7, 11) is 1.58. The highest BCUT2D eigenvalue weighted by Crippen LogP contribution is 2.22. The predicted molar refractivity (Wildman–Crippen MR) is 56.9 cm³/mol. The highest BCUT2D eigenvalue weighted by Gasteiger charge is 2.08. The maximum Gasteiger partial charge on any atom is 0.149 e. The lowest BCUT2D eigenvalue weighted by Gasteiger charge is -1.98. The SMILES string of the molecule is COCc1cc(F)c(-c2ccccc2)[nH]1. The lowest BCUT2D eigenvalue weighted by Crippen LogP contribution is -1.86. The van der Waals surface area contributed by atoms with E-state index in [-0.39, 0.29) is 5.82 Å². The van der Waals surface area contributed by atoms with Crippen molar-refractivity contribution in [2.24, 2.45) is 0 Å². The molecule has 0 saturated carbocycles. The van der Waals surface area contributed by atoms with Crippen LogP contribution in [0.15, 0.2) is 36.4 Å². The second-order valence-electron chi connectivity index (χ2n) is 3.32. The number of benzene rings is 1. The van der Waals surface area contributed by atoms with Gasteiger partial charge in [0.25, 0.3) is 0 Å². The fraction of sp³-hybridized carbons (Fsp3) is 0.167. The van der Waals surface area contributed by atoms with Crippen molar-refractivity contribution in [1.29, 1.82) is 0 Å². The third kappa shape index (κ3) is 2.07. The van der Waals surface area contributed by atoms with Gasteiger partial charge in [-0.2, -0.15) is 0 Å². The van der Waals surface area contributed by atoms with Crippen LogP contribution >= 0.6 is 0 Å². The summed E-state index contributed by atoms with van der Waals surface area (Å²) in [4.78, 5) is 3.00. The van der Waals surface area contributed by atoms with Gasteiger partial charge in [0, 0.05) is 18.4 Å². The molecule has 0 saturated heterocycles. The van der Waals surface area contributed by atoms with Crippen LogP contribution < -0.4 is 0 Å². The molecule has 0 bridgehead atoms. The van der Waals surface area contributed by atoms with Crippen LogP contribution in [0.3, 0.4) is 0 Å². The van der Waals surface area contributed by atoms with E-state index in [0.29, 0.717) is 12.3 Å². The van der Waals surface area contributed by atoms with Gasteiger partial charge in [0.2, 0.25) is 0 Å². The van der Waals surface area contributed by atoms with Gasteiger partial charge in [-0.05, 0) is 6.07 Å². The van der Waals surface area contributed by atoms with Crippen LogP contribution in [0.1, 0.15) is 5.69 Å². The van der Waals surface area contributed by atoms with E-state index in [9.17, 15) is 4.39 Å². The summed E-state index contributed by atoms with van der Waals surface area (Å²) in [6.07, 6.45) is 0. The smallest absolute Gasteiger partial charge is 0.149 e. The van der Waals surface area contributed by atoms with Crippen molar-refractivity contribution in [2.75, 3.05) is 7.11 Å². The molecule has 3 heteroatoms. The molecule has 0 radical (unpaired) electrons. The standard InChI is InChI=1S/C12H12FNO/c1-15-8-10-7-11(13)12(14-10)9-5-3-2-4-6-9/h2-7,14H,8H2,1H3. The van der Waals surface area contributed by atoms with Crippen LogP contribution in [0.2, 0.25) is 0 Å². The van der Waals surface area contributed by atoms with Gasteiger partial charge in [-0.3, -0.25) is 0 Å². The Labute approximate surface area is 87.7 Å². The van der Waals surface area contributed by atoms with Crippen molar-refractivity contribution in [2.45, 2.75) is 6.61 Å². The predicted octanol–water partition coefficient (Wildman–Crippen LogP) is 2.97. The van der Waals surface area contributed by atoms with Gasteiger partial charge in [0.1, 0.15) is 5.82 Å². The Kier molecular flexibility index (Phi) is 2.83. The van der Waals surface area contributed by atoms with Gasteiger partial charge in [0.15, 0.2) is 0 Å². The first-order valence-electron chi connectivity index (χ1n) is 4.73. The van der Waals surface area contributed by atoms with E-state index < -0.39 is 0 Å². The Morgan fingerprint density at radius 2 is 2.00 bits per heavy atom. The first kappa shape index (κ1) is 9.93. The van der Waals surface area contributed by atoms with Crippen LogP contribution in [-0.4, -0.2) is 12.1 Å². The average molecular weight is 205 g/mol. The zero-order chi connectivity index (χ0) is 10.7. The van der Waals surface area contributed by atoms with Crippen molar-refractivity contribution in [3.63, 3.8) is 0 Å². The molecule has 2 aromatic rings. The number of halogens is 1. The van der Waals surface area contributed by atoms with Crippen molar-refractivity contribution >= 4 is 0 Å². The van der Waals surface area contributed by atoms with E-state index in [1.165, 1.54) is 6.07 Å². The van der Waals surface area contributed by atoms with Crippen LogP contribution in [0.4, 0.5) is 4.39 Å². The van der Waals surface area contributed by atoms with Gasteiger partial charge in [-0.15, -0.1) is 0 Å². The van der Waals surface area contributed by atoms with E-state index in [0.717, 1.165) is 11.3 Å². The minimum absolute atomic E-state index is 0.242. The van der Waals surface area contributed by atoms with Crippen molar-refractivity contribution in [3.8, 4) is 11.3 Å². The Hall–Kier alpha value is -1.61. The summed E-state index contributed by atoms with van der Waals surface area (Å²) < 4.78 is 18.5. The molecule has 15 heavy (non-hydrogen) atoms. The number of rotatable bonds is 3. The number of H-pyrrole nitrogens is 1. The normalized spacial score (nSPS) is 10.5. The Balaban J connectivity index is 2.36. The second-order valence-corrected chi connectivity index (χ2v) is 3.32. The van der Waals surface area contributed by atoms with E-state index in [2.05, 4.69) is 4.98 Å². The minimum atomic E-state index is -0.242. The first-order valence-corrected chi connectivity index (χ1v) is 4.73. The number of methoxy groups -OCH3 is 1. The summed E-state index contributed by atoms with van der Waals surface area (Å²) in [6, 6.07) is 10.9. The fourth-order valence-electron chi connectivity index (χ4n) is 1.53. The molecule has 0 aliphatic rings. The highest BCUT2D eigenvalue weighted by molar-refractivity contribution is 5.60. The molecule has 0 spiro atoms. The van der Waals surface area contributed by atoms with Crippen LogP contribution in [0.25, 0.3) is 11.3 Å². The van der Waals surface area contributed by atoms with Gasteiger partial charge >= 0.3 is 0 Å². The van der Waals surface area contributed by atoms with E-state index in [1.54, 1.807) is 7.11 Å². The maximum atomic E-state index is 13.5. The van der Waals surface area contributed by atoms with Crippen LogP contribution in [-0.2, 0) is 11.3 Å². The molecular weight excluding hydrogens is 193 g/mol. The van der Waals surface area contributed by atoms with E-state index >= 15 is 0 Å². The quantitative estimate of drug-likeness (QED) is 0.818. The topological polar surface area (TPSA) is 25.0 Å². The largest absolute Gasteiger partial charge is 0.378 e. The summed E-state index contributed by atoms with van der Waals surface area (Å²) in [6.45, 7) is 0.393. The van der Waals surface area contributed by atoms with Crippen molar-refractivity contribution in [3.05, 3.63) is 47.9 Å². The molecule has 0 fully saturated rings. The lowest BCUT2D eigenvalue weighted by atomic mass is 10.1. The molecule has 0 atom stereocenters. The summed E-state index contributed by atoms with van der Waals surface area (Å²) in [5.74, 6) is -0.242. The molecule has 1 aromatic carbocycles. The third-order valence-corrected chi connectivity index (χ3v) is 2.19. The monoisotopic (exact) mass is 205 g/mol. The highest BCUT2D eigenvalue weighted by atomic mass is 19.1. The molecular formula is C12H12FNO. The van der Waals surface area contributed by atoms with Crippen LogP contribution in [0, 0.1) is 5.82 Å². The van der Waals surface area contributed by atoms with Gasteiger partial charge in [-0.1, -0.05) is 30.3 Å². The third-order valence-electron chi connectivity index (χ3n) is 2.19. The molecule has 1 heterocycles. The zero-order valence-corrected chi connectivity index (χ0v) is 8.46. The number of aromatic nitrogens is 1. The summed E-state index contributed by atoms with van der Waals surface area (Å²) >= 11 is 0. The van der Waals surface area contributed by atoms with Crippen molar-refractivity contribution in [1.82, 2.24) is 4.98 Å². The number of hydrogen-bond acceptors (Lipinski definition) is 1. The number of ether oxygens (including phenoxy) is 1. The molecule has 2 nitrogen and oxygen atoms in total. The minimum Gasteiger partial charge on any atom is -0.378 e. The van der Waals surface area contributed by atoms with Gasteiger partial charge in [-0.25, -0.2) is 4.39 Å². The first-order chi connectivity index (χ1) is 7.31. The van der Waals surface area contributed by atoms with Crippen LogP contribution in [0.5, 0.6) is 0 Å². The van der Waals surface area contributed by atoms with Gasteiger partial charge in [0.05, 0.1) is 12.3 Å². The summed E-state index contributed by atoms with van der Waals surface area (Å²) in [5, 5.41) is 0. The van der Waals surface area contributed by atoms with E-state index in [4.69, 9.17) is 4.74 Å². The molecule has 0 aliphatic heterocycles. The number of nitrogens with one attached hydrogen (secondary N) is 1. The molecule has 2 rings (SSSR count). The van der Waals surface area contributed by atoms with Gasteiger partial charge < -0.3 is 9.72 Å². The molecule has 0 aliphatic carbocycles. The molecule has 1 aromatic heterocycles. The number of aromatic amines is 1. The summed E-state index contributed by atoms with van der Waals surface area (Å²) in [5.41, 5.74) is 2.11. The second kappa shape index (κ2) is 4.28. The van der Waals surface area contributed by atoms with Crippen molar-refractivity contribution < 1.29 is 9.13 Å². The Morgan fingerprint density at radius 3 is 2.67 bits per heavy atom. The van der Waals surface area contributed by atoms with E-state index in [1.807, 2.05) is 30.3 Å². The average Bonchev–Trinajstić information content (AvgIpc) is 2.61. The maximum absolute atomic E-state index is 13.5.